The van der Waals surface area contributed by atoms with Crippen molar-refractivity contribution in [3.8, 4) is 0 Å². The van der Waals surface area contributed by atoms with Crippen LogP contribution in [0.3, 0.4) is 0 Å². The van der Waals surface area contributed by atoms with Crippen LogP contribution in [0.1, 0.15) is 78.1 Å². The van der Waals surface area contributed by atoms with Gasteiger partial charge in [-0.2, -0.15) is 0 Å². The van der Waals surface area contributed by atoms with E-state index in [1.165, 1.54) is 32.1 Å². The number of ether oxygens (including phenoxy) is 1. The number of carbonyl (C=O) groups excluding carboxylic acids is 1. The van der Waals surface area contributed by atoms with Crippen LogP contribution in [0.2, 0.25) is 0 Å². The van der Waals surface area contributed by atoms with Crippen LogP contribution in [0, 0.1) is 5.92 Å². The average Bonchev–Trinajstić information content (AvgIpc) is 3.28. The van der Waals surface area contributed by atoms with E-state index < -0.39 is 5.97 Å². The summed E-state index contributed by atoms with van der Waals surface area (Å²) in [6, 6.07) is 0. The van der Waals surface area contributed by atoms with Crippen molar-refractivity contribution in [2.45, 2.75) is 90.3 Å². The van der Waals surface area contributed by atoms with Gasteiger partial charge < -0.3 is 9.84 Å². The third-order valence-electron chi connectivity index (χ3n) is 4.43. The maximum absolute atomic E-state index is 11.8. The van der Waals surface area contributed by atoms with Gasteiger partial charge in [0.05, 0.1) is 12.0 Å². The normalized spacial score (nSPS) is 21.5. The molecule has 3 atom stereocenters. The molecule has 132 valence electrons. The molecule has 23 heavy (non-hydrogen) atoms. The Morgan fingerprint density at radius 2 is 1.78 bits per heavy atom. The van der Waals surface area contributed by atoms with Crippen LogP contribution >= 0.6 is 0 Å². The van der Waals surface area contributed by atoms with Crippen molar-refractivity contribution in [2.75, 3.05) is 0 Å². The third kappa shape index (κ3) is 9.54. The van der Waals surface area contributed by atoms with E-state index in [1.807, 2.05) is 6.08 Å². The first-order chi connectivity index (χ1) is 11.0. The quantitative estimate of drug-likeness (QED) is 0.290. The molecule has 0 amide bonds. The second-order valence-corrected chi connectivity index (χ2v) is 6.65. The smallest absolute Gasteiger partial charge is 0.306 e. The topological polar surface area (TPSA) is 66.9 Å². The zero-order chi connectivity index (χ0) is 17.1. The van der Waals surface area contributed by atoms with Gasteiger partial charge in [-0.3, -0.25) is 9.59 Å². The summed E-state index contributed by atoms with van der Waals surface area (Å²) in [6.45, 7) is 3.92. The van der Waals surface area contributed by atoms with Gasteiger partial charge in [-0.05, 0) is 31.4 Å². The van der Waals surface area contributed by atoms with Crippen LogP contribution in [0.4, 0.5) is 0 Å². The highest BCUT2D eigenvalue weighted by molar-refractivity contribution is 5.89. The van der Waals surface area contributed by atoms with E-state index in [1.54, 1.807) is 13.0 Å². The Kier molecular flexibility index (Phi) is 9.85. The van der Waals surface area contributed by atoms with Crippen molar-refractivity contribution >= 4 is 11.8 Å². The Morgan fingerprint density at radius 3 is 2.43 bits per heavy atom. The number of ketones is 1. The summed E-state index contributed by atoms with van der Waals surface area (Å²) in [6.07, 6.45) is 14.1. The SMILES string of the molecule is CCCCCCCCCC(=O)/C=C/C1OC1CCC(C)C(=O)O. The third-order valence-corrected chi connectivity index (χ3v) is 4.43. The summed E-state index contributed by atoms with van der Waals surface area (Å²) in [4.78, 5) is 22.5. The van der Waals surface area contributed by atoms with Crippen LogP contribution in [0.5, 0.6) is 0 Å². The molecule has 0 aromatic heterocycles. The number of epoxide rings is 1. The molecule has 0 aromatic carbocycles. The lowest BCUT2D eigenvalue weighted by Gasteiger charge is -2.02. The number of rotatable bonds is 14. The number of aliphatic carboxylic acids is 1. The van der Waals surface area contributed by atoms with Gasteiger partial charge in [-0.15, -0.1) is 0 Å². The van der Waals surface area contributed by atoms with Gasteiger partial charge in [0, 0.05) is 6.42 Å². The number of carboxylic acid groups (broad SMARTS) is 1. The van der Waals surface area contributed by atoms with Crippen molar-refractivity contribution in [2.24, 2.45) is 5.92 Å². The highest BCUT2D eigenvalue weighted by atomic mass is 16.6. The molecule has 3 unspecified atom stereocenters. The minimum Gasteiger partial charge on any atom is -0.481 e. The zero-order valence-electron chi connectivity index (χ0n) is 14.6. The number of carbonyl (C=O) groups is 2. The molecule has 0 aliphatic carbocycles. The van der Waals surface area contributed by atoms with Crippen molar-refractivity contribution in [1.29, 1.82) is 0 Å². The van der Waals surface area contributed by atoms with Crippen molar-refractivity contribution in [3.63, 3.8) is 0 Å². The first kappa shape index (κ1) is 19.9. The fraction of sp³-hybridized carbons (Fsp3) is 0.789. The molecule has 0 radical (unpaired) electrons. The molecule has 0 spiro atoms. The van der Waals surface area contributed by atoms with Gasteiger partial charge in [-0.1, -0.05) is 52.4 Å². The molecule has 4 nitrogen and oxygen atoms in total. The van der Waals surface area contributed by atoms with E-state index in [4.69, 9.17) is 9.84 Å². The minimum absolute atomic E-state index is 0.00832. The predicted molar refractivity (Wildman–Crippen MR) is 91.5 cm³/mol. The standard InChI is InChI=1S/C19H32O4/c1-3-4-5-6-7-8-9-10-16(20)12-14-18-17(23-18)13-11-15(2)19(21)22/h12,14-15,17-18H,3-11,13H2,1-2H3,(H,21,22)/b14-12+. The summed E-state index contributed by atoms with van der Waals surface area (Å²) >= 11 is 0. The molecule has 1 saturated heterocycles. The number of allylic oxidation sites excluding steroid dienone is 1. The number of hydrogen-bond donors (Lipinski definition) is 1. The predicted octanol–water partition coefficient (Wildman–Crippen LogP) is 4.52. The molecular formula is C19H32O4. The average molecular weight is 324 g/mol. The van der Waals surface area contributed by atoms with Gasteiger partial charge in [0.2, 0.25) is 0 Å². The fourth-order valence-corrected chi connectivity index (χ4v) is 2.64. The second-order valence-electron chi connectivity index (χ2n) is 6.65. The van der Waals surface area contributed by atoms with Crippen molar-refractivity contribution in [1.82, 2.24) is 0 Å². The lowest BCUT2D eigenvalue weighted by molar-refractivity contribution is -0.141. The van der Waals surface area contributed by atoms with Gasteiger partial charge in [-0.25, -0.2) is 0 Å². The maximum atomic E-state index is 11.8. The lowest BCUT2D eigenvalue weighted by Crippen LogP contribution is -2.10. The number of carboxylic acids is 1. The van der Waals surface area contributed by atoms with Gasteiger partial charge >= 0.3 is 5.97 Å². The maximum Gasteiger partial charge on any atom is 0.306 e. The molecule has 1 N–H and O–H groups in total. The molecule has 4 heteroatoms. The summed E-state index contributed by atoms with van der Waals surface area (Å²) in [5, 5.41) is 8.82. The van der Waals surface area contributed by atoms with Crippen LogP contribution < -0.4 is 0 Å². The number of unbranched alkanes of at least 4 members (excludes halogenated alkanes) is 6. The Hall–Kier alpha value is -1.16. The number of hydrogen-bond acceptors (Lipinski definition) is 3. The first-order valence-electron chi connectivity index (χ1n) is 9.14. The summed E-state index contributed by atoms with van der Waals surface area (Å²) in [7, 11) is 0. The Bertz CT molecular complexity index is 389. The van der Waals surface area contributed by atoms with E-state index in [9.17, 15) is 9.59 Å². The summed E-state index contributed by atoms with van der Waals surface area (Å²) < 4.78 is 5.45. The Morgan fingerprint density at radius 1 is 1.13 bits per heavy atom. The van der Waals surface area contributed by atoms with E-state index in [0.29, 0.717) is 12.8 Å². The zero-order valence-corrected chi connectivity index (χ0v) is 14.6. The van der Waals surface area contributed by atoms with Crippen LogP contribution in [0.25, 0.3) is 0 Å². The highest BCUT2D eigenvalue weighted by Crippen LogP contribution is 2.29. The van der Waals surface area contributed by atoms with Crippen LogP contribution in [-0.2, 0) is 14.3 Å². The van der Waals surface area contributed by atoms with Gasteiger partial charge in [0.25, 0.3) is 0 Å². The van der Waals surface area contributed by atoms with E-state index in [2.05, 4.69) is 6.92 Å². The van der Waals surface area contributed by atoms with Gasteiger partial charge in [0.1, 0.15) is 6.10 Å². The minimum atomic E-state index is -0.761. The molecule has 1 fully saturated rings. The summed E-state index contributed by atoms with van der Waals surface area (Å²) in [5.41, 5.74) is 0. The molecule has 1 heterocycles. The van der Waals surface area contributed by atoms with Gasteiger partial charge in [0.15, 0.2) is 5.78 Å². The van der Waals surface area contributed by atoms with Crippen molar-refractivity contribution < 1.29 is 19.4 Å². The van der Waals surface area contributed by atoms with Crippen LogP contribution in [-0.4, -0.2) is 29.1 Å². The van der Waals surface area contributed by atoms with Crippen LogP contribution in [0.15, 0.2) is 12.2 Å². The lowest BCUT2D eigenvalue weighted by atomic mass is 10.0. The second kappa shape index (κ2) is 11.4. The molecule has 1 aliphatic rings. The first-order valence-corrected chi connectivity index (χ1v) is 9.14. The molecule has 0 bridgehead atoms. The summed E-state index contributed by atoms with van der Waals surface area (Å²) in [5.74, 6) is -0.919. The molecule has 1 aliphatic heterocycles. The molecular weight excluding hydrogens is 292 g/mol. The monoisotopic (exact) mass is 324 g/mol. The fourth-order valence-electron chi connectivity index (χ4n) is 2.64. The molecule has 1 rings (SSSR count). The van der Waals surface area contributed by atoms with E-state index >= 15 is 0 Å². The van der Waals surface area contributed by atoms with E-state index in [0.717, 1.165) is 19.3 Å². The molecule has 0 saturated carbocycles. The largest absolute Gasteiger partial charge is 0.481 e. The van der Waals surface area contributed by atoms with Crippen molar-refractivity contribution in [3.05, 3.63) is 12.2 Å². The molecule has 0 aromatic rings. The van der Waals surface area contributed by atoms with E-state index in [-0.39, 0.29) is 23.9 Å². The highest BCUT2D eigenvalue weighted by Gasteiger charge is 2.36. The Labute approximate surface area is 140 Å². The Balaban J connectivity index is 2.01.